The topological polar surface area (TPSA) is 33.6 Å². The summed E-state index contributed by atoms with van der Waals surface area (Å²) in [5, 5.41) is 4.71. The van der Waals surface area contributed by atoms with Crippen LogP contribution >= 0.6 is 20.7 Å². The van der Waals surface area contributed by atoms with E-state index in [0.717, 1.165) is 26.5 Å². The zero-order valence-corrected chi connectivity index (χ0v) is 16.4. The van der Waals surface area contributed by atoms with Gasteiger partial charge >= 0.3 is 0 Å². The van der Waals surface area contributed by atoms with E-state index in [4.69, 9.17) is 9.73 Å². The zero-order valence-electron chi connectivity index (χ0n) is 14.8. The van der Waals surface area contributed by atoms with Crippen molar-refractivity contribution >= 4 is 31.4 Å². The number of nitrogens with zero attached hydrogens (tertiary/aromatic N) is 1. The van der Waals surface area contributed by atoms with Crippen LogP contribution in [0.5, 0.6) is 5.75 Å². The first kappa shape index (κ1) is 17.2. The SMILES string of the molecule is CCOc1ccc2c(c1)-c1c(ssc1=Nc1cccc(F)c1)NC2(C)C. The minimum absolute atomic E-state index is 0.180. The Morgan fingerprint density at radius 3 is 2.77 bits per heavy atom. The maximum absolute atomic E-state index is 13.5. The highest BCUT2D eigenvalue weighted by Gasteiger charge is 2.32. The lowest BCUT2D eigenvalue weighted by atomic mass is 9.84. The molecule has 0 fully saturated rings. The second kappa shape index (κ2) is 6.52. The van der Waals surface area contributed by atoms with Crippen molar-refractivity contribution < 1.29 is 9.13 Å². The molecule has 4 rings (SSSR count). The lowest BCUT2D eigenvalue weighted by Crippen LogP contribution is -2.32. The number of ether oxygens (including phenoxy) is 1. The molecule has 0 saturated heterocycles. The maximum Gasteiger partial charge on any atom is 0.137 e. The summed E-state index contributed by atoms with van der Waals surface area (Å²) in [7, 11) is 3.26. The van der Waals surface area contributed by atoms with Crippen LogP contribution < -0.4 is 14.7 Å². The van der Waals surface area contributed by atoms with Crippen LogP contribution in [0.1, 0.15) is 26.3 Å². The molecule has 1 aliphatic rings. The van der Waals surface area contributed by atoms with E-state index in [1.165, 1.54) is 17.7 Å². The van der Waals surface area contributed by atoms with Crippen molar-refractivity contribution in [1.29, 1.82) is 0 Å². The van der Waals surface area contributed by atoms with Crippen LogP contribution in [-0.2, 0) is 5.54 Å². The summed E-state index contributed by atoms with van der Waals surface area (Å²) >= 11 is 0. The Morgan fingerprint density at radius 2 is 2.00 bits per heavy atom. The molecule has 3 nitrogen and oxygen atoms in total. The fourth-order valence-electron chi connectivity index (χ4n) is 3.20. The molecule has 0 spiro atoms. The van der Waals surface area contributed by atoms with Crippen molar-refractivity contribution in [2.45, 2.75) is 26.3 Å². The fourth-order valence-corrected chi connectivity index (χ4v) is 5.68. The van der Waals surface area contributed by atoms with Crippen molar-refractivity contribution in [2.75, 3.05) is 11.9 Å². The first-order chi connectivity index (χ1) is 12.5. The van der Waals surface area contributed by atoms with Crippen LogP contribution in [0.25, 0.3) is 11.1 Å². The van der Waals surface area contributed by atoms with Gasteiger partial charge in [0.1, 0.15) is 21.2 Å². The molecule has 26 heavy (non-hydrogen) atoms. The number of rotatable bonds is 3. The van der Waals surface area contributed by atoms with Gasteiger partial charge in [-0.3, -0.25) is 0 Å². The summed E-state index contributed by atoms with van der Waals surface area (Å²) in [6.45, 7) is 6.94. The maximum atomic E-state index is 13.5. The van der Waals surface area contributed by atoms with Crippen LogP contribution in [-0.4, -0.2) is 6.61 Å². The van der Waals surface area contributed by atoms with E-state index in [0.29, 0.717) is 12.3 Å². The van der Waals surface area contributed by atoms with Gasteiger partial charge in [-0.15, -0.1) is 0 Å². The third-order valence-corrected chi connectivity index (χ3v) is 6.59. The Balaban J connectivity index is 1.93. The van der Waals surface area contributed by atoms with E-state index in [-0.39, 0.29) is 11.4 Å². The summed E-state index contributed by atoms with van der Waals surface area (Å²) in [5.41, 5.74) is 3.84. The molecule has 0 atom stereocenters. The van der Waals surface area contributed by atoms with E-state index in [2.05, 4.69) is 31.3 Å². The van der Waals surface area contributed by atoms with Crippen LogP contribution in [0.2, 0.25) is 0 Å². The molecular weight excluding hydrogens is 367 g/mol. The molecule has 3 aromatic rings. The van der Waals surface area contributed by atoms with Gasteiger partial charge in [-0.25, -0.2) is 9.38 Å². The highest BCUT2D eigenvalue weighted by atomic mass is 32.9. The Bertz CT molecular complexity index is 1040. The fraction of sp³-hybridized carbons (Fsp3) is 0.250. The van der Waals surface area contributed by atoms with Crippen molar-refractivity contribution in [1.82, 2.24) is 0 Å². The molecule has 2 heterocycles. The van der Waals surface area contributed by atoms with Gasteiger partial charge in [0.25, 0.3) is 0 Å². The van der Waals surface area contributed by atoms with Crippen molar-refractivity contribution in [2.24, 2.45) is 4.99 Å². The Morgan fingerprint density at radius 1 is 1.15 bits per heavy atom. The summed E-state index contributed by atoms with van der Waals surface area (Å²) < 4.78 is 20.1. The van der Waals surface area contributed by atoms with Crippen molar-refractivity contribution in [3.8, 4) is 16.9 Å². The van der Waals surface area contributed by atoms with E-state index < -0.39 is 0 Å². The second-order valence-electron chi connectivity index (χ2n) is 6.66. The van der Waals surface area contributed by atoms with Gasteiger partial charge in [0.2, 0.25) is 0 Å². The second-order valence-corrected chi connectivity index (χ2v) is 8.79. The van der Waals surface area contributed by atoms with Crippen LogP contribution in [0.15, 0.2) is 47.5 Å². The minimum atomic E-state index is -0.279. The van der Waals surface area contributed by atoms with Gasteiger partial charge in [0.05, 0.1) is 23.4 Å². The number of nitrogens with one attached hydrogen (secondary N) is 1. The molecule has 2 aromatic carbocycles. The van der Waals surface area contributed by atoms with Gasteiger partial charge in [-0.05, 0) is 62.2 Å². The number of anilines is 1. The Hall–Kier alpha value is -2.18. The van der Waals surface area contributed by atoms with Crippen LogP contribution in [0.3, 0.4) is 0 Å². The quantitative estimate of drug-likeness (QED) is 0.568. The third kappa shape index (κ3) is 3.04. The first-order valence-electron chi connectivity index (χ1n) is 8.47. The van der Waals surface area contributed by atoms with Gasteiger partial charge in [0, 0.05) is 0 Å². The van der Waals surface area contributed by atoms with Crippen LogP contribution in [0, 0.1) is 5.82 Å². The highest BCUT2D eigenvalue weighted by molar-refractivity contribution is 7.70. The summed E-state index contributed by atoms with van der Waals surface area (Å²) in [6, 6.07) is 12.6. The van der Waals surface area contributed by atoms with E-state index in [1.54, 1.807) is 26.7 Å². The van der Waals surface area contributed by atoms with Crippen molar-refractivity contribution in [3.05, 3.63) is 58.5 Å². The molecule has 0 radical (unpaired) electrons. The number of hydrogen-bond donors (Lipinski definition) is 1. The molecule has 1 N–H and O–H groups in total. The van der Waals surface area contributed by atoms with Crippen molar-refractivity contribution in [3.63, 3.8) is 0 Å². The predicted octanol–water partition coefficient (Wildman–Crippen LogP) is 5.91. The summed E-state index contributed by atoms with van der Waals surface area (Å²) in [5.74, 6) is 0.571. The first-order valence-corrected chi connectivity index (χ1v) is 10.6. The molecule has 0 aliphatic carbocycles. The molecule has 1 aromatic heterocycles. The Kier molecular flexibility index (Phi) is 4.32. The lowest BCUT2D eigenvalue weighted by Gasteiger charge is -2.34. The van der Waals surface area contributed by atoms with E-state index >= 15 is 0 Å². The average Bonchev–Trinajstić information content (AvgIpc) is 2.97. The molecule has 6 heteroatoms. The molecule has 1 aliphatic heterocycles. The summed E-state index contributed by atoms with van der Waals surface area (Å²) in [6.07, 6.45) is 0. The number of hydrogen-bond acceptors (Lipinski definition) is 5. The van der Waals surface area contributed by atoms with E-state index in [9.17, 15) is 4.39 Å². The van der Waals surface area contributed by atoms with Gasteiger partial charge in [0.15, 0.2) is 0 Å². The number of fused-ring (bicyclic) bond motifs is 3. The Labute approximate surface area is 159 Å². The van der Waals surface area contributed by atoms with Gasteiger partial charge in [-0.1, -0.05) is 32.8 Å². The third-order valence-electron chi connectivity index (χ3n) is 4.35. The van der Waals surface area contributed by atoms with Crippen LogP contribution in [0.4, 0.5) is 15.1 Å². The van der Waals surface area contributed by atoms with Gasteiger partial charge in [-0.2, -0.15) is 0 Å². The number of halogens is 1. The molecule has 134 valence electrons. The number of benzene rings is 2. The standard InChI is InChI=1S/C20H19FN2OS2/c1-4-24-14-8-9-16-15(11-14)17-18(22-13-7-5-6-12(21)10-13)25-26-19(17)23-20(16,2)3/h5-11,23H,4H2,1-3H3. The lowest BCUT2D eigenvalue weighted by molar-refractivity contribution is 0.340. The molecule has 0 amide bonds. The molecule has 0 bridgehead atoms. The highest BCUT2D eigenvalue weighted by Crippen LogP contribution is 2.46. The molecule has 0 unspecified atom stereocenters. The minimum Gasteiger partial charge on any atom is -0.494 e. The monoisotopic (exact) mass is 386 g/mol. The normalized spacial score (nSPS) is 15.2. The smallest absolute Gasteiger partial charge is 0.137 e. The average molecular weight is 387 g/mol. The summed E-state index contributed by atoms with van der Waals surface area (Å²) in [4.78, 5) is 4.71. The van der Waals surface area contributed by atoms with Gasteiger partial charge < -0.3 is 10.1 Å². The zero-order chi connectivity index (χ0) is 18.3. The largest absolute Gasteiger partial charge is 0.494 e. The predicted molar refractivity (Wildman–Crippen MR) is 107 cm³/mol. The molecular formula is C20H19FN2OS2. The molecule has 0 saturated carbocycles. The van der Waals surface area contributed by atoms with E-state index in [1.807, 2.05) is 19.1 Å².